The van der Waals surface area contributed by atoms with Crippen molar-refractivity contribution in [2.24, 2.45) is 0 Å². The highest BCUT2D eigenvalue weighted by molar-refractivity contribution is 7.17. The van der Waals surface area contributed by atoms with Crippen LogP contribution in [0.3, 0.4) is 0 Å². The topological polar surface area (TPSA) is 42.0 Å². The number of halogens is 1. The van der Waals surface area contributed by atoms with Gasteiger partial charge in [0.2, 0.25) is 0 Å². The lowest BCUT2D eigenvalue weighted by Gasteiger charge is -2.25. The first kappa shape index (κ1) is 16.0. The van der Waals surface area contributed by atoms with Gasteiger partial charge in [-0.3, -0.25) is 4.79 Å². The maximum Gasteiger partial charge on any atom is 0.263 e. The number of amides is 1. The average molecular weight is 323 g/mol. The minimum Gasteiger partial charge on any atom is -0.346 e. The van der Waals surface area contributed by atoms with Crippen LogP contribution in [-0.4, -0.2) is 16.4 Å². The highest BCUT2D eigenvalue weighted by atomic mass is 35.5. The van der Waals surface area contributed by atoms with Crippen molar-refractivity contribution in [3.63, 3.8) is 0 Å². The number of carbonyl (C=O) groups excluding carboxylic acids is 1. The Morgan fingerprint density at radius 1 is 1.38 bits per heavy atom. The van der Waals surface area contributed by atoms with Gasteiger partial charge in [-0.1, -0.05) is 43.1 Å². The second-order valence-corrected chi connectivity index (χ2v) is 7.04. The van der Waals surface area contributed by atoms with Crippen LogP contribution in [0.1, 0.15) is 43.3 Å². The largest absolute Gasteiger partial charge is 0.346 e. The number of aromatic nitrogens is 1. The van der Waals surface area contributed by atoms with E-state index in [0.29, 0.717) is 9.90 Å². The van der Waals surface area contributed by atoms with Crippen molar-refractivity contribution in [2.45, 2.75) is 39.2 Å². The van der Waals surface area contributed by atoms with Crippen LogP contribution in [0.5, 0.6) is 0 Å². The van der Waals surface area contributed by atoms with Gasteiger partial charge in [-0.15, -0.1) is 11.3 Å². The number of nitrogens with zero attached hydrogens (tertiary/aromatic N) is 1. The smallest absolute Gasteiger partial charge is 0.263 e. The van der Waals surface area contributed by atoms with Crippen molar-refractivity contribution < 1.29 is 4.79 Å². The van der Waals surface area contributed by atoms with Gasteiger partial charge in [-0.05, 0) is 26.3 Å². The van der Waals surface area contributed by atoms with E-state index in [2.05, 4.69) is 17.2 Å². The molecule has 0 aliphatic heterocycles. The minimum absolute atomic E-state index is 0.0794. The van der Waals surface area contributed by atoms with E-state index in [-0.39, 0.29) is 11.4 Å². The summed E-state index contributed by atoms with van der Waals surface area (Å²) in [6, 6.07) is 7.51. The molecular formula is C16H19ClN2OS. The summed E-state index contributed by atoms with van der Waals surface area (Å²) >= 11 is 7.52. The van der Waals surface area contributed by atoms with Crippen molar-refractivity contribution in [3.8, 4) is 10.6 Å². The molecule has 0 aliphatic rings. The molecule has 0 radical (unpaired) electrons. The van der Waals surface area contributed by atoms with Gasteiger partial charge >= 0.3 is 0 Å². The molecule has 0 fully saturated rings. The molecule has 0 saturated carbocycles. The maximum atomic E-state index is 12.3. The first-order chi connectivity index (χ1) is 9.93. The molecule has 0 saturated heterocycles. The zero-order valence-corrected chi connectivity index (χ0v) is 14.0. The lowest BCUT2D eigenvalue weighted by Crippen LogP contribution is -2.42. The number of nitrogens with one attached hydrogen (secondary N) is 1. The van der Waals surface area contributed by atoms with Gasteiger partial charge in [0.25, 0.3) is 5.91 Å². The van der Waals surface area contributed by atoms with Crippen LogP contribution in [-0.2, 0) is 0 Å². The van der Waals surface area contributed by atoms with Gasteiger partial charge in [-0.25, -0.2) is 4.98 Å². The monoisotopic (exact) mass is 322 g/mol. The molecule has 0 atom stereocenters. The Morgan fingerprint density at radius 2 is 2.10 bits per heavy atom. The predicted octanol–water partition coefficient (Wildman–Crippen LogP) is 4.77. The number of thiazole rings is 1. The summed E-state index contributed by atoms with van der Waals surface area (Å²) in [4.78, 5) is 17.2. The maximum absolute atomic E-state index is 12.3. The Labute approximate surface area is 134 Å². The molecule has 1 heterocycles. The number of hydrogen-bond donors (Lipinski definition) is 1. The standard InChI is InChI=1S/C16H19ClN2OS/c1-4-9-16(2,3)19-14(20)13-10-18-15(21-13)11-7-5-6-8-12(11)17/h5-8,10H,4,9H2,1-3H3,(H,19,20). The van der Waals surface area contributed by atoms with E-state index in [9.17, 15) is 4.79 Å². The summed E-state index contributed by atoms with van der Waals surface area (Å²) in [6.45, 7) is 6.17. The van der Waals surface area contributed by atoms with Crippen molar-refractivity contribution >= 4 is 28.8 Å². The van der Waals surface area contributed by atoms with Crippen LogP contribution in [0.2, 0.25) is 5.02 Å². The summed E-state index contributed by atoms with van der Waals surface area (Å²) in [7, 11) is 0. The molecule has 112 valence electrons. The van der Waals surface area contributed by atoms with Crippen LogP contribution >= 0.6 is 22.9 Å². The number of rotatable bonds is 5. The molecule has 3 nitrogen and oxygen atoms in total. The highest BCUT2D eigenvalue weighted by Gasteiger charge is 2.21. The number of benzene rings is 1. The zero-order chi connectivity index (χ0) is 15.5. The Balaban J connectivity index is 2.17. The molecule has 0 aliphatic carbocycles. The van der Waals surface area contributed by atoms with E-state index < -0.39 is 0 Å². The van der Waals surface area contributed by atoms with E-state index in [4.69, 9.17) is 11.6 Å². The first-order valence-corrected chi connectivity index (χ1v) is 8.15. The number of carbonyl (C=O) groups is 1. The van der Waals surface area contributed by atoms with E-state index in [1.165, 1.54) is 11.3 Å². The third kappa shape index (κ3) is 4.05. The fourth-order valence-electron chi connectivity index (χ4n) is 2.19. The summed E-state index contributed by atoms with van der Waals surface area (Å²) in [5.41, 5.74) is 0.649. The van der Waals surface area contributed by atoms with Gasteiger partial charge in [0.15, 0.2) is 0 Å². The number of hydrogen-bond acceptors (Lipinski definition) is 3. The summed E-state index contributed by atoms with van der Waals surface area (Å²) in [5.74, 6) is -0.0794. The van der Waals surface area contributed by atoms with Gasteiger partial charge < -0.3 is 5.32 Å². The van der Waals surface area contributed by atoms with Crippen molar-refractivity contribution in [3.05, 3.63) is 40.4 Å². The Bertz CT molecular complexity index is 637. The van der Waals surface area contributed by atoms with Crippen LogP contribution in [0, 0.1) is 0 Å². The summed E-state index contributed by atoms with van der Waals surface area (Å²) in [5, 5.41) is 4.46. The highest BCUT2D eigenvalue weighted by Crippen LogP contribution is 2.31. The van der Waals surface area contributed by atoms with Crippen LogP contribution in [0.25, 0.3) is 10.6 Å². The lowest BCUT2D eigenvalue weighted by molar-refractivity contribution is 0.0913. The van der Waals surface area contributed by atoms with E-state index >= 15 is 0 Å². The molecule has 0 spiro atoms. The average Bonchev–Trinajstić information content (AvgIpc) is 2.88. The second-order valence-electron chi connectivity index (χ2n) is 5.60. The molecular weight excluding hydrogens is 304 g/mol. The molecule has 5 heteroatoms. The van der Waals surface area contributed by atoms with Crippen molar-refractivity contribution in [2.75, 3.05) is 0 Å². The molecule has 0 unspecified atom stereocenters. The zero-order valence-electron chi connectivity index (χ0n) is 12.4. The van der Waals surface area contributed by atoms with Gasteiger partial charge in [-0.2, -0.15) is 0 Å². The van der Waals surface area contributed by atoms with Gasteiger partial charge in [0, 0.05) is 11.1 Å². The first-order valence-electron chi connectivity index (χ1n) is 6.96. The summed E-state index contributed by atoms with van der Waals surface area (Å²) in [6.07, 6.45) is 3.58. The molecule has 1 N–H and O–H groups in total. The quantitative estimate of drug-likeness (QED) is 0.861. The molecule has 1 aromatic carbocycles. The fourth-order valence-corrected chi connectivity index (χ4v) is 3.33. The van der Waals surface area contributed by atoms with Crippen molar-refractivity contribution in [1.82, 2.24) is 10.3 Å². The van der Waals surface area contributed by atoms with Crippen LogP contribution < -0.4 is 5.32 Å². The van der Waals surface area contributed by atoms with Crippen LogP contribution in [0.4, 0.5) is 0 Å². The molecule has 0 bridgehead atoms. The molecule has 21 heavy (non-hydrogen) atoms. The third-order valence-corrected chi connectivity index (χ3v) is 4.52. The third-order valence-electron chi connectivity index (χ3n) is 3.16. The normalized spacial score (nSPS) is 11.4. The van der Waals surface area contributed by atoms with E-state index in [1.807, 2.05) is 38.1 Å². The minimum atomic E-state index is -0.208. The Kier molecular flexibility index (Phi) is 5.01. The van der Waals surface area contributed by atoms with Crippen molar-refractivity contribution in [1.29, 1.82) is 0 Å². The molecule has 2 aromatic rings. The van der Waals surface area contributed by atoms with E-state index in [0.717, 1.165) is 23.4 Å². The SMILES string of the molecule is CCCC(C)(C)NC(=O)c1cnc(-c2ccccc2Cl)s1. The Morgan fingerprint density at radius 3 is 2.76 bits per heavy atom. The van der Waals surface area contributed by atoms with Crippen LogP contribution in [0.15, 0.2) is 30.5 Å². The van der Waals surface area contributed by atoms with E-state index in [1.54, 1.807) is 6.20 Å². The lowest BCUT2D eigenvalue weighted by atomic mass is 9.99. The summed E-state index contributed by atoms with van der Waals surface area (Å²) < 4.78 is 0. The van der Waals surface area contributed by atoms with Gasteiger partial charge in [0.1, 0.15) is 9.88 Å². The molecule has 1 amide bonds. The second kappa shape index (κ2) is 6.58. The van der Waals surface area contributed by atoms with Gasteiger partial charge in [0.05, 0.1) is 11.2 Å². The fraction of sp³-hybridized carbons (Fsp3) is 0.375. The molecule has 2 rings (SSSR count). The Hall–Kier alpha value is -1.39. The predicted molar refractivity (Wildman–Crippen MR) is 89.0 cm³/mol. The molecule has 1 aromatic heterocycles.